The van der Waals surface area contributed by atoms with E-state index in [1.807, 2.05) is 0 Å². The van der Waals surface area contributed by atoms with Gasteiger partial charge in [0.15, 0.2) is 0 Å². The van der Waals surface area contributed by atoms with Crippen LogP contribution >= 0.6 is 0 Å². The van der Waals surface area contributed by atoms with E-state index in [2.05, 4.69) is 0 Å². The van der Waals surface area contributed by atoms with Crippen LogP contribution in [-0.4, -0.2) is 5.11 Å². The number of aliphatic hydroxyl groups is 1. The van der Waals surface area contributed by atoms with E-state index in [0.717, 1.165) is 37.8 Å². The molecule has 1 aromatic rings. The van der Waals surface area contributed by atoms with E-state index in [4.69, 9.17) is 0 Å². The Hall–Kier alpha value is -1.10. The van der Waals surface area contributed by atoms with Crippen LogP contribution in [0, 0.1) is 11.7 Å². The lowest BCUT2D eigenvalue weighted by Gasteiger charge is -2.19. The molecule has 1 aromatic carbocycles. The maximum absolute atomic E-state index is 13.2. The van der Waals surface area contributed by atoms with Gasteiger partial charge < -0.3 is 5.11 Å². The Bertz CT molecular complexity index is 421. The minimum absolute atomic E-state index is 0.0224. The highest BCUT2D eigenvalue weighted by Gasteiger charge is 2.33. The lowest BCUT2D eigenvalue weighted by molar-refractivity contribution is -0.137. The van der Waals surface area contributed by atoms with Gasteiger partial charge in [0.05, 0.1) is 11.7 Å². The fraction of sp³-hybridized carbons (Fsp3) is 0.538. The summed E-state index contributed by atoms with van der Waals surface area (Å²) in [6.07, 6.45) is -2.12. The van der Waals surface area contributed by atoms with Crippen LogP contribution in [0.3, 0.4) is 0 Å². The van der Waals surface area contributed by atoms with Gasteiger partial charge in [0.25, 0.3) is 0 Å². The van der Waals surface area contributed by atoms with Gasteiger partial charge in [-0.25, -0.2) is 4.39 Å². The number of halogens is 4. The second kappa shape index (κ2) is 4.88. The highest BCUT2D eigenvalue weighted by Crippen LogP contribution is 2.38. The molecule has 0 saturated heterocycles. The Morgan fingerprint density at radius 3 is 2.28 bits per heavy atom. The molecular weight excluding hydrogens is 248 g/mol. The van der Waals surface area contributed by atoms with Crippen molar-refractivity contribution >= 4 is 0 Å². The van der Waals surface area contributed by atoms with Crippen molar-refractivity contribution in [3.63, 3.8) is 0 Å². The summed E-state index contributed by atoms with van der Waals surface area (Å²) < 4.78 is 50.8. The quantitative estimate of drug-likeness (QED) is 0.796. The third kappa shape index (κ3) is 2.83. The monoisotopic (exact) mass is 262 g/mol. The van der Waals surface area contributed by atoms with Crippen LogP contribution < -0.4 is 0 Å². The normalized spacial score (nSPS) is 19.2. The Balaban J connectivity index is 2.29. The van der Waals surface area contributed by atoms with Crippen LogP contribution in [0.4, 0.5) is 17.6 Å². The van der Waals surface area contributed by atoms with E-state index in [-0.39, 0.29) is 11.5 Å². The highest BCUT2D eigenvalue weighted by molar-refractivity contribution is 5.28. The van der Waals surface area contributed by atoms with Crippen molar-refractivity contribution < 1.29 is 22.7 Å². The molecule has 0 radical (unpaired) electrons. The molecule has 2 rings (SSSR count). The van der Waals surface area contributed by atoms with Crippen molar-refractivity contribution in [2.24, 2.45) is 5.92 Å². The Morgan fingerprint density at radius 1 is 1.11 bits per heavy atom. The molecule has 0 heterocycles. The molecule has 1 saturated carbocycles. The van der Waals surface area contributed by atoms with E-state index in [1.54, 1.807) is 0 Å². The van der Waals surface area contributed by atoms with Gasteiger partial charge in [-0.15, -0.1) is 0 Å². The number of benzene rings is 1. The summed E-state index contributed by atoms with van der Waals surface area (Å²) in [5.41, 5.74) is -1.02. The fourth-order valence-corrected chi connectivity index (χ4v) is 2.49. The molecular formula is C13H14F4O. The number of hydrogen-bond acceptors (Lipinski definition) is 1. The Kier molecular flexibility index (Phi) is 3.61. The molecule has 0 spiro atoms. The van der Waals surface area contributed by atoms with Crippen molar-refractivity contribution in [1.82, 2.24) is 0 Å². The second-order valence-corrected chi connectivity index (χ2v) is 4.76. The van der Waals surface area contributed by atoms with Crippen LogP contribution in [0.15, 0.2) is 18.2 Å². The standard InChI is InChI=1S/C13H14F4O/c14-11-6-9(5-10(7-11)13(15,16)17)12(18)8-3-1-2-4-8/h5-8,12,18H,1-4H2. The summed E-state index contributed by atoms with van der Waals surface area (Å²) >= 11 is 0. The van der Waals surface area contributed by atoms with Gasteiger partial charge in [0.1, 0.15) is 5.82 Å². The zero-order valence-corrected chi connectivity index (χ0v) is 9.67. The van der Waals surface area contributed by atoms with Crippen molar-refractivity contribution in [2.75, 3.05) is 0 Å². The van der Waals surface area contributed by atoms with Crippen LogP contribution in [-0.2, 0) is 6.18 Å². The van der Waals surface area contributed by atoms with Gasteiger partial charge in [0.2, 0.25) is 0 Å². The first-order valence-corrected chi connectivity index (χ1v) is 5.93. The molecule has 1 atom stereocenters. The zero-order valence-electron chi connectivity index (χ0n) is 9.67. The smallest absolute Gasteiger partial charge is 0.388 e. The average Bonchev–Trinajstić information content (AvgIpc) is 2.79. The molecule has 0 bridgehead atoms. The van der Waals surface area contributed by atoms with Gasteiger partial charge in [-0.1, -0.05) is 12.8 Å². The minimum Gasteiger partial charge on any atom is -0.388 e. The molecule has 1 aliphatic rings. The number of hydrogen-bond donors (Lipinski definition) is 1. The van der Waals surface area contributed by atoms with E-state index in [1.165, 1.54) is 0 Å². The first kappa shape index (κ1) is 13.3. The fourth-order valence-electron chi connectivity index (χ4n) is 2.49. The second-order valence-electron chi connectivity index (χ2n) is 4.76. The third-order valence-corrected chi connectivity index (χ3v) is 3.44. The molecule has 1 fully saturated rings. The lowest BCUT2D eigenvalue weighted by Crippen LogP contribution is -2.12. The number of alkyl halides is 3. The topological polar surface area (TPSA) is 20.2 Å². The van der Waals surface area contributed by atoms with Crippen LogP contribution in [0.1, 0.15) is 42.9 Å². The number of aliphatic hydroxyl groups excluding tert-OH is 1. The maximum Gasteiger partial charge on any atom is 0.416 e. The van der Waals surface area contributed by atoms with Gasteiger partial charge in [0, 0.05) is 0 Å². The van der Waals surface area contributed by atoms with Crippen LogP contribution in [0.2, 0.25) is 0 Å². The van der Waals surface area contributed by atoms with E-state index < -0.39 is 23.7 Å². The van der Waals surface area contributed by atoms with Crippen molar-refractivity contribution in [2.45, 2.75) is 38.0 Å². The Morgan fingerprint density at radius 2 is 1.72 bits per heavy atom. The molecule has 0 aliphatic heterocycles. The third-order valence-electron chi connectivity index (χ3n) is 3.44. The average molecular weight is 262 g/mol. The molecule has 1 N–H and O–H groups in total. The van der Waals surface area contributed by atoms with Gasteiger partial charge in [-0.2, -0.15) is 13.2 Å². The van der Waals surface area contributed by atoms with E-state index in [9.17, 15) is 22.7 Å². The highest BCUT2D eigenvalue weighted by atomic mass is 19.4. The van der Waals surface area contributed by atoms with Crippen molar-refractivity contribution in [1.29, 1.82) is 0 Å². The summed E-state index contributed by atoms with van der Waals surface area (Å²) in [4.78, 5) is 0. The first-order chi connectivity index (χ1) is 8.38. The van der Waals surface area contributed by atoms with Crippen molar-refractivity contribution in [3.8, 4) is 0 Å². The van der Waals surface area contributed by atoms with E-state index >= 15 is 0 Å². The summed E-state index contributed by atoms with van der Waals surface area (Å²) in [5, 5.41) is 10.0. The molecule has 0 aromatic heterocycles. The summed E-state index contributed by atoms with van der Waals surface area (Å²) in [6.45, 7) is 0. The van der Waals surface area contributed by atoms with Gasteiger partial charge >= 0.3 is 6.18 Å². The molecule has 0 amide bonds. The largest absolute Gasteiger partial charge is 0.416 e. The lowest BCUT2D eigenvalue weighted by atomic mass is 9.93. The Labute approximate surface area is 102 Å². The number of rotatable bonds is 2. The molecule has 100 valence electrons. The van der Waals surface area contributed by atoms with Gasteiger partial charge in [-0.3, -0.25) is 0 Å². The molecule has 1 unspecified atom stereocenters. The maximum atomic E-state index is 13.2. The van der Waals surface area contributed by atoms with Crippen LogP contribution in [0.5, 0.6) is 0 Å². The molecule has 1 aliphatic carbocycles. The van der Waals surface area contributed by atoms with Gasteiger partial charge in [-0.05, 0) is 42.5 Å². The molecule has 18 heavy (non-hydrogen) atoms. The summed E-state index contributed by atoms with van der Waals surface area (Å²) in [7, 11) is 0. The van der Waals surface area contributed by atoms with Crippen LogP contribution in [0.25, 0.3) is 0 Å². The summed E-state index contributed by atoms with van der Waals surface area (Å²) in [5.74, 6) is -1.02. The minimum atomic E-state index is -4.59. The first-order valence-electron chi connectivity index (χ1n) is 5.93. The molecule has 5 heteroatoms. The van der Waals surface area contributed by atoms with E-state index in [0.29, 0.717) is 6.07 Å². The predicted molar refractivity (Wildman–Crippen MR) is 58.3 cm³/mol. The predicted octanol–water partition coefficient (Wildman–Crippen LogP) is 4.07. The summed E-state index contributed by atoms with van der Waals surface area (Å²) in [6, 6.07) is 2.27. The molecule has 1 nitrogen and oxygen atoms in total. The SMILES string of the molecule is OC(c1cc(F)cc(C(F)(F)F)c1)C1CCCC1. The zero-order chi connectivity index (χ0) is 13.3. The van der Waals surface area contributed by atoms with Crippen molar-refractivity contribution in [3.05, 3.63) is 35.1 Å².